The summed E-state index contributed by atoms with van der Waals surface area (Å²) in [5.74, 6) is 0.473. The molecule has 3 rings (SSSR count). The van der Waals surface area contributed by atoms with E-state index in [0.29, 0.717) is 23.5 Å². The Morgan fingerprint density at radius 3 is 2.64 bits per heavy atom. The first-order chi connectivity index (χ1) is 12.1. The number of likely N-dealkylation sites (tertiary alicyclic amines) is 1. The van der Waals surface area contributed by atoms with Crippen molar-refractivity contribution in [3.8, 4) is 11.3 Å². The van der Waals surface area contributed by atoms with Crippen LogP contribution in [0, 0.1) is 5.82 Å². The maximum atomic E-state index is 13.7. The Bertz CT molecular complexity index is 751. The van der Waals surface area contributed by atoms with Crippen LogP contribution in [0.1, 0.15) is 25.0 Å². The van der Waals surface area contributed by atoms with E-state index in [-0.39, 0.29) is 30.6 Å². The molecule has 0 unspecified atom stereocenters. The quantitative estimate of drug-likeness (QED) is 0.876. The van der Waals surface area contributed by atoms with E-state index in [9.17, 15) is 14.0 Å². The lowest BCUT2D eigenvalue weighted by molar-refractivity contribution is -0.132. The Morgan fingerprint density at radius 2 is 1.88 bits per heavy atom. The molecule has 132 valence electrons. The van der Waals surface area contributed by atoms with Crippen LogP contribution >= 0.6 is 0 Å². The van der Waals surface area contributed by atoms with Gasteiger partial charge in [0, 0.05) is 25.9 Å². The van der Waals surface area contributed by atoms with E-state index in [1.54, 1.807) is 35.2 Å². The summed E-state index contributed by atoms with van der Waals surface area (Å²) in [6.07, 6.45) is 2.68. The highest BCUT2D eigenvalue weighted by molar-refractivity contribution is 5.84. The Kier molecular flexibility index (Phi) is 5.48. The summed E-state index contributed by atoms with van der Waals surface area (Å²) in [6.45, 7) is 1.59. The van der Waals surface area contributed by atoms with Crippen LogP contribution < -0.4 is 5.32 Å². The van der Waals surface area contributed by atoms with E-state index >= 15 is 0 Å². The maximum absolute atomic E-state index is 13.7. The number of benzene rings is 1. The summed E-state index contributed by atoms with van der Waals surface area (Å²) in [7, 11) is 0. The average Bonchev–Trinajstić information content (AvgIpc) is 3.30. The molecule has 1 fully saturated rings. The zero-order valence-electron chi connectivity index (χ0n) is 14.0. The topological polar surface area (TPSA) is 62.6 Å². The molecule has 0 aliphatic carbocycles. The first-order valence-electron chi connectivity index (χ1n) is 8.51. The monoisotopic (exact) mass is 344 g/mol. The van der Waals surface area contributed by atoms with Gasteiger partial charge < -0.3 is 14.6 Å². The molecule has 0 saturated carbocycles. The van der Waals surface area contributed by atoms with Crippen LogP contribution in [0.4, 0.5) is 4.39 Å². The SMILES string of the molecule is O=C(CCc1ccc(-c2ccccc2F)o1)NCC(=O)N1CCCC1. The van der Waals surface area contributed by atoms with Crippen molar-refractivity contribution in [2.45, 2.75) is 25.7 Å². The van der Waals surface area contributed by atoms with E-state index in [2.05, 4.69) is 5.32 Å². The molecule has 0 bridgehead atoms. The van der Waals surface area contributed by atoms with Gasteiger partial charge in [-0.1, -0.05) is 12.1 Å². The summed E-state index contributed by atoms with van der Waals surface area (Å²) < 4.78 is 19.4. The van der Waals surface area contributed by atoms with Crippen molar-refractivity contribution < 1.29 is 18.4 Å². The number of carbonyl (C=O) groups excluding carboxylic acids is 2. The third-order valence-electron chi connectivity index (χ3n) is 4.29. The maximum Gasteiger partial charge on any atom is 0.241 e. The molecule has 0 atom stereocenters. The van der Waals surface area contributed by atoms with Crippen molar-refractivity contribution >= 4 is 11.8 Å². The highest BCUT2D eigenvalue weighted by Crippen LogP contribution is 2.25. The van der Waals surface area contributed by atoms with Crippen molar-refractivity contribution in [3.63, 3.8) is 0 Å². The van der Waals surface area contributed by atoms with Crippen molar-refractivity contribution in [2.24, 2.45) is 0 Å². The number of nitrogens with zero attached hydrogens (tertiary/aromatic N) is 1. The van der Waals surface area contributed by atoms with Gasteiger partial charge in [-0.15, -0.1) is 0 Å². The molecule has 1 aromatic heterocycles. The predicted molar refractivity (Wildman–Crippen MR) is 91.2 cm³/mol. The molecular formula is C19H21FN2O3. The summed E-state index contributed by atoms with van der Waals surface area (Å²) in [5.41, 5.74) is 0.398. The van der Waals surface area contributed by atoms with Gasteiger partial charge in [0.15, 0.2) is 0 Å². The van der Waals surface area contributed by atoms with E-state index in [4.69, 9.17) is 4.42 Å². The lowest BCUT2D eigenvalue weighted by atomic mass is 10.1. The van der Waals surface area contributed by atoms with Crippen LogP contribution in [0.15, 0.2) is 40.8 Å². The number of nitrogens with one attached hydrogen (secondary N) is 1. The minimum atomic E-state index is -0.346. The number of halogens is 1. The summed E-state index contributed by atoms with van der Waals surface area (Å²) >= 11 is 0. The number of amides is 2. The Morgan fingerprint density at radius 1 is 1.12 bits per heavy atom. The van der Waals surface area contributed by atoms with Crippen LogP contribution in [0.5, 0.6) is 0 Å². The molecule has 1 saturated heterocycles. The number of hydrogen-bond acceptors (Lipinski definition) is 3. The van der Waals surface area contributed by atoms with Gasteiger partial charge in [-0.3, -0.25) is 9.59 Å². The molecule has 2 heterocycles. The zero-order chi connectivity index (χ0) is 17.6. The predicted octanol–water partition coefficient (Wildman–Crippen LogP) is 2.76. The van der Waals surface area contributed by atoms with Crippen LogP contribution in [0.2, 0.25) is 0 Å². The molecule has 1 aromatic carbocycles. The lowest BCUT2D eigenvalue weighted by Crippen LogP contribution is -2.38. The van der Waals surface area contributed by atoms with Gasteiger partial charge in [0.1, 0.15) is 17.3 Å². The minimum absolute atomic E-state index is 0.0364. The molecule has 2 amide bonds. The molecule has 1 aliphatic heterocycles. The van der Waals surface area contributed by atoms with E-state index in [1.165, 1.54) is 6.07 Å². The molecular weight excluding hydrogens is 323 g/mol. The normalized spacial score (nSPS) is 13.9. The highest BCUT2D eigenvalue weighted by Gasteiger charge is 2.18. The number of rotatable bonds is 6. The summed E-state index contributed by atoms with van der Waals surface area (Å²) in [5, 5.41) is 2.65. The molecule has 5 nitrogen and oxygen atoms in total. The second-order valence-electron chi connectivity index (χ2n) is 6.11. The van der Waals surface area contributed by atoms with Gasteiger partial charge in [-0.25, -0.2) is 4.39 Å². The van der Waals surface area contributed by atoms with E-state index in [1.807, 2.05) is 0 Å². The first-order valence-corrected chi connectivity index (χ1v) is 8.51. The molecule has 0 spiro atoms. The van der Waals surface area contributed by atoms with Crippen molar-refractivity contribution in [1.82, 2.24) is 10.2 Å². The van der Waals surface area contributed by atoms with Crippen LogP contribution in [-0.4, -0.2) is 36.3 Å². The lowest BCUT2D eigenvalue weighted by Gasteiger charge is -2.15. The van der Waals surface area contributed by atoms with E-state index < -0.39 is 0 Å². The second kappa shape index (κ2) is 7.96. The highest BCUT2D eigenvalue weighted by atomic mass is 19.1. The molecule has 25 heavy (non-hydrogen) atoms. The fourth-order valence-electron chi connectivity index (χ4n) is 2.90. The van der Waals surface area contributed by atoms with Crippen molar-refractivity contribution in [2.75, 3.05) is 19.6 Å². The molecule has 1 N–H and O–H groups in total. The fourth-order valence-corrected chi connectivity index (χ4v) is 2.90. The Hall–Kier alpha value is -2.63. The van der Waals surface area contributed by atoms with Crippen LogP contribution in [0.25, 0.3) is 11.3 Å². The van der Waals surface area contributed by atoms with Crippen molar-refractivity contribution in [3.05, 3.63) is 48.0 Å². The van der Waals surface area contributed by atoms with Gasteiger partial charge in [0.25, 0.3) is 0 Å². The third kappa shape index (κ3) is 4.47. The van der Waals surface area contributed by atoms with Gasteiger partial charge in [0.05, 0.1) is 12.1 Å². The molecule has 6 heteroatoms. The molecule has 2 aromatic rings. The van der Waals surface area contributed by atoms with Crippen LogP contribution in [-0.2, 0) is 16.0 Å². The van der Waals surface area contributed by atoms with E-state index in [0.717, 1.165) is 25.9 Å². The number of carbonyl (C=O) groups is 2. The Labute approximate surface area is 145 Å². The third-order valence-corrected chi connectivity index (χ3v) is 4.29. The van der Waals surface area contributed by atoms with Gasteiger partial charge in [0.2, 0.25) is 11.8 Å². The zero-order valence-corrected chi connectivity index (χ0v) is 14.0. The summed E-state index contributed by atoms with van der Waals surface area (Å²) in [4.78, 5) is 25.5. The number of hydrogen-bond donors (Lipinski definition) is 1. The van der Waals surface area contributed by atoms with Crippen LogP contribution in [0.3, 0.4) is 0 Å². The largest absolute Gasteiger partial charge is 0.461 e. The first kappa shape index (κ1) is 17.2. The van der Waals surface area contributed by atoms with Gasteiger partial charge in [-0.05, 0) is 37.1 Å². The smallest absolute Gasteiger partial charge is 0.241 e. The standard InChI is InChI=1S/C19H21FN2O3/c20-16-6-2-1-5-15(16)17-9-7-14(25-17)8-10-18(23)21-13-19(24)22-11-3-4-12-22/h1-2,5-7,9H,3-4,8,10-13H2,(H,21,23). The minimum Gasteiger partial charge on any atom is -0.461 e. The van der Waals surface area contributed by atoms with Gasteiger partial charge >= 0.3 is 0 Å². The average molecular weight is 344 g/mol. The van der Waals surface area contributed by atoms with Gasteiger partial charge in [-0.2, -0.15) is 0 Å². The molecule has 1 aliphatic rings. The number of aryl methyl sites for hydroxylation is 1. The Balaban J connectivity index is 1.46. The second-order valence-corrected chi connectivity index (χ2v) is 6.11. The van der Waals surface area contributed by atoms with Crippen molar-refractivity contribution in [1.29, 1.82) is 0 Å². The fraction of sp³-hybridized carbons (Fsp3) is 0.368. The number of furan rings is 1. The molecule has 0 radical (unpaired) electrons. The summed E-state index contributed by atoms with van der Waals surface area (Å²) in [6, 6.07) is 9.83.